The van der Waals surface area contributed by atoms with E-state index in [9.17, 15) is 9.90 Å². The molecule has 0 saturated heterocycles. The van der Waals surface area contributed by atoms with E-state index in [2.05, 4.69) is 10.6 Å². The Morgan fingerprint density at radius 3 is 1.55 bits per heavy atom. The molecule has 0 fully saturated rings. The molecule has 7 heteroatoms. The van der Waals surface area contributed by atoms with Crippen molar-refractivity contribution in [2.75, 3.05) is 52.4 Å². The van der Waals surface area contributed by atoms with Crippen LogP contribution < -0.4 is 22.1 Å². The van der Waals surface area contributed by atoms with Gasteiger partial charge in [0.05, 0.1) is 0 Å². The summed E-state index contributed by atoms with van der Waals surface area (Å²) in [4.78, 5) is 12.7. The van der Waals surface area contributed by atoms with E-state index in [1.54, 1.807) is 0 Å². The number of unbranched alkanes of at least 4 members (excludes halogenated alkanes) is 2. The van der Waals surface area contributed by atoms with Crippen LogP contribution >= 0.6 is 0 Å². The Balaban J connectivity index is 3.51. The number of carboxylic acid groups (broad SMARTS) is 1. The fourth-order valence-corrected chi connectivity index (χ4v) is 2.11. The van der Waals surface area contributed by atoms with Gasteiger partial charge < -0.3 is 32.1 Å². The summed E-state index contributed by atoms with van der Waals surface area (Å²) in [7, 11) is 0. The van der Waals surface area contributed by atoms with Gasteiger partial charge in [0, 0.05) is 13.1 Å². The van der Waals surface area contributed by atoms with E-state index in [1.807, 2.05) is 0 Å². The van der Waals surface area contributed by atoms with Crippen LogP contribution in [-0.2, 0) is 0 Å². The van der Waals surface area contributed by atoms with E-state index in [-0.39, 0.29) is 0 Å². The minimum atomic E-state index is -0.813. The van der Waals surface area contributed by atoms with Gasteiger partial charge in [-0.15, -0.1) is 0 Å². The molecule has 0 heterocycles. The Morgan fingerprint density at radius 2 is 1.18 bits per heavy atom. The topological polar surface area (TPSA) is 117 Å². The van der Waals surface area contributed by atoms with Crippen molar-refractivity contribution in [3.8, 4) is 0 Å². The molecule has 0 aromatic rings. The van der Waals surface area contributed by atoms with Crippen LogP contribution in [0.1, 0.15) is 38.5 Å². The van der Waals surface area contributed by atoms with Crippen LogP contribution in [0.4, 0.5) is 4.79 Å². The van der Waals surface area contributed by atoms with Crippen molar-refractivity contribution < 1.29 is 9.90 Å². The lowest BCUT2D eigenvalue weighted by atomic mass is 10.2. The van der Waals surface area contributed by atoms with Gasteiger partial charge in [-0.25, -0.2) is 4.79 Å². The molecule has 0 aliphatic heterocycles. The summed E-state index contributed by atoms with van der Waals surface area (Å²) in [6, 6.07) is 0. The van der Waals surface area contributed by atoms with E-state index >= 15 is 0 Å². The van der Waals surface area contributed by atoms with Crippen LogP contribution in [0.3, 0.4) is 0 Å². The first-order valence-electron chi connectivity index (χ1n) is 8.51. The summed E-state index contributed by atoms with van der Waals surface area (Å²) < 4.78 is 0. The normalized spacial score (nSPS) is 10.8. The molecule has 0 saturated carbocycles. The SMILES string of the molecule is NCCCNCCCCN(CCCCNCCCN)C(=O)O. The molecule has 0 rings (SSSR count). The van der Waals surface area contributed by atoms with Gasteiger partial charge in [-0.1, -0.05) is 0 Å². The molecule has 0 aliphatic rings. The van der Waals surface area contributed by atoms with Crippen molar-refractivity contribution in [2.45, 2.75) is 38.5 Å². The van der Waals surface area contributed by atoms with Gasteiger partial charge in [-0.05, 0) is 77.8 Å². The summed E-state index contributed by atoms with van der Waals surface area (Å²) in [5, 5.41) is 15.8. The van der Waals surface area contributed by atoms with E-state index in [0.717, 1.165) is 64.7 Å². The minimum Gasteiger partial charge on any atom is -0.465 e. The van der Waals surface area contributed by atoms with Gasteiger partial charge in [0.15, 0.2) is 0 Å². The summed E-state index contributed by atoms with van der Waals surface area (Å²) >= 11 is 0. The van der Waals surface area contributed by atoms with E-state index in [1.165, 1.54) is 4.90 Å². The molecule has 0 atom stereocenters. The minimum absolute atomic E-state index is 0.620. The first-order chi connectivity index (χ1) is 10.7. The van der Waals surface area contributed by atoms with Gasteiger partial charge in [-0.3, -0.25) is 0 Å². The molecule has 0 bridgehead atoms. The molecule has 0 unspecified atom stereocenters. The van der Waals surface area contributed by atoms with Crippen molar-refractivity contribution in [1.82, 2.24) is 15.5 Å². The lowest BCUT2D eigenvalue weighted by Gasteiger charge is -2.19. The number of rotatable bonds is 16. The first kappa shape index (κ1) is 21.1. The van der Waals surface area contributed by atoms with E-state index in [0.29, 0.717) is 26.2 Å². The molecule has 7 nitrogen and oxygen atoms in total. The van der Waals surface area contributed by atoms with Gasteiger partial charge in [0.1, 0.15) is 0 Å². The molecular weight excluding hydrogens is 282 g/mol. The van der Waals surface area contributed by atoms with Crippen LogP contribution in [0.15, 0.2) is 0 Å². The number of nitrogens with two attached hydrogens (primary N) is 2. The molecule has 132 valence electrons. The number of amides is 1. The zero-order valence-corrected chi connectivity index (χ0v) is 13.9. The Kier molecular flexibility index (Phi) is 15.8. The van der Waals surface area contributed by atoms with Crippen molar-refractivity contribution in [3.05, 3.63) is 0 Å². The smallest absolute Gasteiger partial charge is 0.407 e. The molecule has 7 N–H and O–H groups in total. The molecular formula is C15H35N5O2. The second-order valence-corrected chi connectivity index (χ2v) is 5.47. The Labute approximate surface area is 134 Å². The highest BCUT2D eigenvalue weighted by atomic mass is 16.4. The van der Waals surface area contributed by atoms with Gasteiger partial charge in [-0.2, -0.15) is 0 Å². The molecule has 1 amide bonds. The standard InChI is InChI=1S/C15H35N5O2/c16-7-5-11-18-9-1-3-13-20(15(21)22)14-4-2-10-19-12-6-8-17/h18-19H,1-14,16-17H2,(H,21,22). The number of nitrogens with one attached hydrogen (secondary N) is 2. The summed E-state index contributed by atoms with van der Waals surface area (Å²) in [6.07, 6.45) is 4.95. The predicted octanol–water partition coefficient (Wildman–Crippen LogP) is 0.404. The van der Waals surface area contributed by atoms with E-state index in [4.69, 9.17) is 11.5 Å². The van der Waals surface area contributed by atoms with Crippen molar-refractivity contribution >= 4 is 6.09 Å². The lowest BCUT2D eigenvalue weighted by molar-refractivity contribution is 0.143. The number of nitrogens with zero attached hydrogens (tertiary/aromatic N) is 1. The molecule has 0 spiro atoms. The largest absolute Gasteiger partial charge is 0.465 e. The molecule has 22 heavy (non-hydrogen) atoms. The average molecular weight is 317 g/mol. The maximum atomic E-state index is 11.2. The van der Waals surface area contributed by atoms with Crippen LogP contribution in [0.25, 0.3) is 0 Å². The maximum Gasteiger partial charge on any atom is 0.407 e. The lowest BCUT2D eigenvalue weighted by Crippen LogP contribution is -2.32. The van der Waals surface area contributed by atoms with Gasteiger partial charge in [0.25, 0.3) is 0 Å². The average Bonchev–Trinajstić information content (AvgIpc) is 2.50. The van der Waals surface area contributed by atoms with Gasteiger partial charge in [0.2, 0.25) is 0 Å². The third-order valence-corrected chi connectivity index (χ3v) is 3.45. The summed E-state index contributed by atoms with van der Waals surface area (Å²) in [5.74, 6) is 0. The molecule has 0 aliphatic carbocycles. The quantitative estimate of drug-likeness (QED) is 0.263. The molecule has 0 aromatic carbocycles. The van der Waals surface area contributed by atoms with E-state index < -0.39 is 6.09 Å². The molecule has 0 radical (unpaired) electrons. The van der Waals surface area contributed by atoms with Crippen LogP contribution in [0.5, 0.6) is 0 Å². The third-order valence-electron chi connectivity index (χ3n) is 3.45. The Hall–Kier alpha value is -0.890. The fourth-order valence-electron chi connectivity index (χ4n) is 2.11. The van der Waals surface area contributed by atoms with Crippen molar-refractivity contribution in [2.24, 2.45) is 11.5 Å². The highest BCUT2D eigenvalue weighted by Gasteiger charge is 2.10. The summed E-state index contributed by atoms with van der Waals surface area (Å²) in [6.45, 7) is 6.40. The zero-order chi connectivity index (χ0) is 16.5. The van der Waals surface area contributed by atoms with Crippen molar-refractivity contribution in [3.63, 3.8) is 0 Å². The predicted molar refractivity (Wildman–Crippen MR) is 91.1 cm³/mol. The Morgan fingerprint density at radius 1 is 0.773 bits per heavy atom. The maximum absolute atomic E-state index is 11.2. The first-order valence-corrected chi connectivity index (χ1v) is 8.51. The number of hydrogen-bond donors (Lipinski definition) is 5. The zero-order valence-electron chi connectivity index (χ0n) is 13.9. The monoisotopic (exact) mass is 317 g/mol. The third kappa shape index (κ3) is 14.1. The second-order valence-electron chi connectivity index (χ2n) is 5.47. The highest BCUT2D eigenvalue weighted by molar-refractivity contribution is 5.64. The summed E-state index contributed by atoms with van der Waals surface area (Å²) in [5.41, 5.74) is 10.8. The van der Waals surface area contributed by atoms with Crippen LogP contribution in [0, 0.1) is 0 Å². The second kappa shape index (κ2) is 16.5. The molecule has 0 aromatic heterocycles. The fraction of sp³-hybridized carbons (Fsp3) is 0.933. The number of hydrogen-bond acceptors (Lipinski definition) is 5. The highest BCUT2D eigenvalue weighted by Crippen LogP contribution is 2.00. The number of carbonyl (C=O) groups is 1. The van der Waals surface area contributed by atoms with Crippen LogP contribution in [-0.4, -0.2) is 68.5 Å². The Bertz CT molecular complexity index is 236. The van der Waals surface area contributed by atoms with Crippen LogP contribution in [0.2, 0.25) is 0 Å². The van der Waals surface area contributed by atoms with Crippen molar-refractivity contribution in [1.29, 1.82) is 0 Å². The van der Waals surface area contributed by atoms with Gasteiger partial charge >= 0.3 is 6.09 Å².